The minimum atomic E-state index is -0.370. The Morgan fingerprint density at radius 3 is 2.72 bits per heavy atom. The highest BCUT2D eigenvalue weighted by Gasteiger charge is 2.57. The average Bonchev–Trinajstić information content (AvgIpc) is 3.24. The molecule has 0 spiro atoms. The van der Waals surface area contributed by atoms with Crippen molar-refractivity contribution in [2.75, 3.05) is 7.11 Å². The van der Waals surface area contributed by atoms with Gasteiger partial charge < -0.3 is 14.5 Å². The summed E-state index contributed by atoms with van der Waals surface area (Å²) in [6, 6.07) is 2.79. The summed E-state index contributed by atoms with van der Waals surface area (Å²) in [6.45, 7) is 9.92. The summed E-state index contributed by atoms with van der Waals surface area (Å²) in [6.07, 6.45) is 15.9. The Kier molecular flexibility index (Phi) is 7.19. The number of fused-ring (bicyclic) bond motifs is 1. The third kappa shape index (κ3) is 4.44. The Balaban J connectivity index is 1.44. The molecule has 0 amide bonds. The Labute approximate surface area is 194 Å². The van der Waals surface area contributed by atoms with Gasteiger partial charge in [0.25, 0.3) is 0 Å². The molecule has 0 radical (unpaired) electrons. The van der Waals surface area contributed by atoms with Crippen LogP contribution >= 0.6 is 0 Å². The van der Waals surface area contributed by atoms with E-state index in [9.17, 15) is 4.79 Å². The van der Waals surface area contributed by atoms with E-state index in [2.05, 4.69) is 31.8 Å². The molecule has 1 aromatic rings. The number of ether oxygens (including phenoxy) is 1. The quantitative estimate of drug-likeness (QED) is 0.383. The van der Waals surface area contributed by atoms with Gasteiger partial charge in [0.1, 0.15) is 5.76 Å². The summed E-state index contributed by atoms with van der Waals surface area (Å²) in [4.78, 5) is 12.8. The van der Waals surface area contributed by atoms with Crippen molar-refractivity contribution in [1.29, 1.82) is 0 Å². The predicted molar refractivity (Wildman–Crippen MR) is 128 cm³/mol. The van der Waals surface area contributed by atoms with E-state index < -0.39 is 0 Å². The molecule has 1 heterocycles. The van der Waals surface area contributed by atoms with E-state index in [1.807, 2.05) is 6.26 Å². The highest BCUT2D eigenvalue weighted by atomic mass is 16.5. The van der Waals surface area contributed by atoms with E-state index >= 15 is 0 Å². The second kappa shape index (κ2) is 9.75. The molecule has 4 rings (SSSR count). The molecule has 3 saturated carbocycles. The molecule has 0 aliphatic heterocycles. The van der Waals surface area contributed by atoms with Crippen molar-refractivity contribution < 1.29 is 13.9 Å². The minimum absolute atomic E-state index is 0.0226. The van der Waals surface area contributed by atoms with E-state index in [-0.39, 0.29) is 16.8 Å². The fourth-order valence-corrected chi connectivity index (χ4v) is 7.55. The van der Waals surface area contributed by atoms with Crippen LogP contribution in [0.4, 0.5) is 0 Å². The number of allylic oxidation sites excluding steroid dienone is 1. The van der Waals surface area contributed by atoms with Crippen LogP contribution < -0.4 is 5.32 Å². The van der Waals surface area contributed by atoms with E-state index in [4.69, 9.17) is 9.15 Å². The molecule has 0 unspecified atom stereocenters. The first-order valence-corrected chi connectivity index (χ1v) is 12.9. The summed E-state index contributed by atoms with van der Waals surface area (Å²) in [7, 11) is 1.54. The van der Waals surface area contributed by atoms with Crippen LogP contribution in [0.15, 0.2) is 28.9 Å². The lowest BCUT2D eigenvalue weighted by molar-refractivity contribution is -0.168. The van der Waals surface area contributed by atoms with Crippen molar-refractivity contribution in [3.8, 4) is 0 Å². The topological polar surface area (TPSA) is 51.5 Å². The number of nitrogens with one attached hydrogen (secondary N) is 1. The second-order valence-corrected chi connectivity index (χ2v) is 11.2. The van der Waals surface area contributed by atoms with Gasteiger partial charge in [0.15, 0.2) is 0 Å². The molecule has 3 fully saturated rings. The van der Waals surface area contributed by atoms with E-state index in [1.54, 1.807) is 7.11 Å². The first-order valence-electron chi connectivity index (χ1n) is 12.9. The maximum atomic E-state index is 12.8. The van der Waals surface area contributed by atoms with Crippen LogP contribution in [-0.2, 0) is 22.5 Å². The normalized spacial score (nSPS) is 33.7. The zero-order valence-electron chi connectivity index (χ0n) is 20.5. The Bertz CT molecular complexity index is 807. The molecule has 0 bridgehead atoms. The third-order valence-corrected chi connectivity index (χ3v) is 9.37. The van der Waals surface area contributed by atoms with Crippen LogP contribution in [0.1, 0.15) is 95.8 Å². The molecule has 0 saturated heterocycles. The van der Waals surface area contributed by atoms with Gasteiger partial charge in [-0.1, -0.05) is 44.8 Å². The Morgan fingerprint density at radius 2 is 1.97 bits per heavy atom. The zero-order chi connectivity index (χ0) is 22.8. The van der Waals surface area contributed by atoms with Crippen molar-refractivity contribution in [2.45, 2.75) is 103 Å². The SMILES string of the molecule is C=C1CC[C@H]2[C@@](C)(CCC[C@@]2(C)C(=O)OC)[C@H]1CCc1ccoc1CNC1CCCCC1. The first-order chi connectivity index (χ1) is 15.4. The van der Waals surface area contributed by atoms with Crippen molar-refractivity contribution in [3.63, 3.8) is 0 Å². The lowest BCUT2D eigenvalue weighted by Gasteiger charge is -2.57. The number of esters is 1. The number of carbonyl (C=O) groups excluding carboxylic acids is 1. The molecule has 178 valence electrons. The van der Waals surface area contributed by atoms with Gasteiger partial charge >= 0.3 is 5.97 Å². The number of hydrogen-bond acceptors (Lipinski definition) is 4. The van der Waals surface area contributed by atoms with Crippen LogP contribution in [0.3, 0.4) is 0 Å². The van der Waals surface area contributed by atoms with E-state index in [1.165, 1.54) is 49.7 Å². The fraction of sp³-hybridized carbons (Fsp3) is 0.750. The number of hydrogen-bond donors (Lipinski definition) is 1. The van der Waals surface area contributed by atoms with Gasteiger partial charge in [0.05, 0.1) is 25.3 Å². The summed E-state index contributed by atoms with van der Waals surface area (Å²) in [5.41, 5.74) is 2.45. The van der Waals surface area contributed by atoms with Crippen molar-refractivity contribution >= 4 is 5.97 Å². The van der Waals surface area contributed by atoms with Crippen LogP contribution in [0.5, 0.6) is 0 Å². The van der Waals surface area contributed by atoms with Crippen LogP contribution in [0.2, 0.25) is 0 Å². The van der Waals surface area contributed by atoms with Crippen molar-refractivity contribution in [2.24, 2.45) is 22.7 Å². The summed E-state index contributed by atoms with van der Waals surface area (Å²) in [5, 5.41) is 3.73. The molecule has 4 atom stereocenters. The number of furan rings is 1. The van der Waals surface area contributed by atoms with Gasteiger partial charge in [0.2, 0.25) is 0 Å². The summed E-state index contributed by atoms with van der Waals surface area (Å²) in [5.74, 6) is 1.88. The van der Waals surface area contributed by atoms with Gasteiger partial charge in [-0.3, -0.25) is 4.79 Å². The fourth-order valence-electron chi connectivity index (χ4n) is 7.55. The highest BCUT2D eigenvalue weighted by molar-refractivity contribution is 5.77. The van der Waals surface area contributed by atoms with Gasteiger partial charge in [0, 0.05) is 6.04 Å². The number of aryl methyl sites for hydroxylation is 1. The number of rotatable bonds is 7. The van der Waals surface area contributed by atoms with Crippen LogP contribution in [0, 0.1) is 22.7 Å². The largest absolute Gasteiger partial charge is 0.469 e. The van der Waals surface area contributed by atoms with Gasteiger partial charge in [-0.2, -0.15) is 0 Å². The predicted octanol–water partition coefficient (Wildman–Crippen LogP) is 6.59. The maximum Gasteiger partial charge on any atom is 0.311 e. The van der Waals surface area contributed by atoms with Gasteiger partial charge in [-0.25, -0.2) is 0 Å². The standard InChI is InChI=1S/C28H43NO3/c1-20-11-14-25-27(2,16-8-17-28(25,3)26(30)31-4)23(20)13-12-21-15-18-32-24(21)19-29-22-9-6-5-7-10-22/h15,18,22-23,25,29H,1,5-14,16-17,19H2,2-4H3/t23-,25-,27-,28+/m0/s1. The zero-order valence-corrected chi connectivity index (χ0v) is 20.5. The molecule has 1 aromatic heterocycles. The van der Waals surface area contributed by atoms with Gasteiger partial charge in [-0.15, -0.1) is 0 Å². The molecule has 1 N–H and O–H groups in total. The number of methoxy groups -OCH3 is 1. The van der Waals surface area contributed by atoms with Crippen LogP contribution in [-0.4, -0.2) is 19.1 Å². The maximum absolute atomic E-state index is 12.8. The molecule has 32 heavy (non-hydrogen) atoms. The Morgan fingerprint density at radius 1 is 1.19 bits per heavy atom. The van der Waals surface area contributed by atoms with E-state index in [0.717, 1.165) is 50.8 Å². The Hall–Kier alpha value is -1.55. The van der Waals surface area contributed by atoms with E-state index in [0.29, 0.717) is 17.9 Å². The highest BCUT2D eigenvalue weighted by Crippen LogP contribution is 2.62. The molecule has 0 aromatic carbocycles. The molecular formula is C28H43NO3. The van der Waals surface area contributed by atoms with Crippen molar-refractivity contribution in [3.05, 3.63) is 35.8 Å². The summed E-state index contributed by atoms with van der Waals surface area (Å²) < 4.78 is 11.2. The third-order valence-electron chi connectivity index (χ3n) is 9.37. The molecule has 4 heteroatoms. The smallest absolute Gasteiger partial charge is 0.311 e. The lowest BCUT2D eigenvalue weighted by atomic mass is 9.46. The summed E-state index contributed by atoms with van der Waals surface area (Å²) >= 11 is 0. The minimum Gasteiger partial charge on any atom is -0.469 e. The molecule has 3 aliphatic rings. The van der Waals surface area contributed by atoms with Crippen LogP contribution in [0.25, 0.3) is 0 Å². The number of carbonyl (C=O) groups is 1. The molecular weight excluding hydrogens is 398 g/mol. The molecule has 3 aliphatic carbocycles. The lowest BCUT2D eigenvalue weighted by Crippen LogP contribution is -2.53. The first kappa shape index (κ1) is 23.6. The average molecular weight is 442 g/mol. The van der Waals surface area contributed by atoms with Gasteiger partial charge in [-0.05, 0) is 87.2 Å². The second-order valence-electron chi connectivity index (χ2n) is 11.2. The molecule has 4 nitrogen and oxygen atoms in total. The van der Waals surface area contributed by atoms with Crippen molar-refractivity contribution in [1.82, 2.24) is 5.32 Å². The monoisotopic (exact) mass is 441 g/mol.